The molecule has 1 aliphatic heterocycles. The third kappa shape index (κ3) is 5.82. The van der Waals surface area contributed by atoms with E-state index in [1.54, 1.807) is 11.8 Å². The molecular weight excluding hydrogens is 407 g/mol. The Labute approximate surface area is 174 Å². The molecule has 1 heterocycles. The van der Waals surface area contributed by atoms with Gasteiger partial charge in [-0.25, -0.2) is 0 Å². The smallest absolute Gasteiger partial charge is 0.0851 e. The number of rotatable bonds is 8. The zero-order valence-electron chi connectivity index (χ0n) is 14.4. The molecule has 0 N–H and O–H groups in total. The number of aryl methyl sites for hydroxylation is 1. The van der Waals surface area contributed by atoms with E-state index in [0.29, 0.717) is 5.25 Å². The van der Waals surface area contributed by atoms with E-state index in [4.69, 9.17) is 34.8 Å². The first kappa shape index (κ1) is 19.9. The molecule has 138 valence electrons. The van der Waals surface area contributed by atoms with Crippen molar-refractivity contribution in [2.24, 2.45) is 4.99 Å². The number of hydrogen-bond acceptors (Lipinski definition) is 3. The van der Waals surface area contributed by atoms with Crippen molar-refractivity contribution >= 4 is 52.9 Å². The van der Waals surface area contributed by atoms with E-state index in [0.717, 1.165) is 58.9 Å². The second-order valence-electron chi connectivity index (χ2n) is 6.33. The minimum Gasteiger partial charge on any atom is -0.360 e. The third-order valence-electron chi connectivity index (χ3n) is 4.31. The molecule has 0 aliphatic carbocycles. The molecule has 0 saturated heterocycles. The molecule has 2 nitrogen and oxygen atoms in total. The molecule has 0 bridgehead atoms. The molecule has 1 unspecified atom stereocenters. The lowest BCUT2D eigenvalue weighted by atomic mass is 10.1. The van der Waals surface area contributed by atoms with Crippen LogP contribution in [0.2, 0.25) is 15.1 Å². The Bertz CT molecular complexity index is 729. The van der Waals surface area contributed by atoms with Gasteiger partial charge in [0.2, 0.25) is 0 Å². The van der Waals surface area contributed by atoms with Crippen LogP contribution in [0.15, 0.2) is 52.4 Å². The van der Waals surface area contributed by atoms with E-state index < -0.39 is 0 Å². The summed E-state index contributed by atoms with van der Waals surface area (Å²) >= 11 is 20.5. The van der Waals surface area contributed by atoms with Gasteiger partial charge in [-0.15, -0.1) is 11.8 Å². The van der Waals surface area contributed by atoms with Crippen molar-refractivity contribution in [2.75, 3.05) is 19.6 Å². The molecule has 0 amide bonds. The molecule has 6 heteroatoms. The van der Waals surface area contributed by atoms with Gasteiger partial charge in [-0.05, 0) is 49.1 Å². The SMILES string of the molecule is Clc1ccc(CCCC(CN2C=NCC2)Sc2c(Cl)cccc2Cl)cc1. The van der Waals surface area contributed by atoms with Crippen LogP contribution in [-0.4, -0.2) is 36.1 Å². The standard InChI is InChI=1S/C20H21Cl3N2S/c21-16-9-7-15(8-10-16)3-1-4-17(13-25-12-11-24-14-25)26-20-18(22)5-2-6-19(20)23/h2,5-10,14,17H,1,3-4,11-13H2. The van der Waals surface area contributed by atoms with Gasteiger partial charge in [-0.2, -0.15) is 0 Å². The zero-order valence-corrected chi connectivity index (χ0v) is 17.5. The Morgan fingerprint density at radius 1 is 1.04 bits per heavy atom. The van der Waals surface area contributed by atoms with Crippen LogP contribution in [0, 0.1) is 0 Å². The van der Waals surface area contributed by atoms with Gasteiger partial charge in [-0.1, -0.05) is 53.0 Å². The molecule has 2 aromatic rings. The first-order valence-electron chi connectivity index (χ1n) is 8.71. The quantitative estimate of drug-likeness (QED) is 0.448. The highest BCUT2D eigenvalue weighted by Gasteiger charge is 2.18. The minimum atomic E-state index is 0.407. The summed E-state index contributed by atoms with van der Waals surface area (Å²) in [5, 5.41) is 2.63. The van der Waals surface area contributed by atoms with Crippen LogP contribution in [0.5, 0.6) is 0 Å². The Kier molecular flexibility index (Phi) is 7.56. The molecular formula is C20H21Cl3N2S. The van der Waals surface area contributed by atoms with Crippen molar-refractivity contribution in [3.8, 4) is 0 Å². The fourth-order valence-electron chi connectivity index (χ4n) is 2.95. The van der Waals surface area contributed by atoms with Crippen molar-refractivity contribution in [1.29, 1.82) is 0 Å². The van der Waals surface area contributed by atoms with Crippen LogP contribution in [0.4, 0.5) is 0 Å². The first-order chi connectivity index (χ1) is 12.6. The minimum absolute atomic E-state index is 0.407. The third-order valence-corrected chi connectivity index (χ3v) is 6.81. The monoisotopic (exact) mass is 426 g/mol. The molecule has 0 fully saturated rings. The number of nitrogens with zero attached hydrogens (tertiary/aromatic N) is 2. The van der Waals surface area contributed by atoms with Crippen molar-refractivity contribution < 1.29 is 0 Å². The van der Waals surface area contributed by atoms with Crippen LogP contribution >= 0.6 is 46.6 Å². The molecule has 3 rings (SSSR count). The Morgan fingerprint density at radius 3 is 2.42 bits per heavy atom. The maximum Gasteiger partial charge on any atom is 0.0851 e. The van der Waals surface area contributed by atoms with Crippen LogP contribution in [-0.2, 0) is 6.42 Å². The molecule has 0 spiro atoms. The molecule has 1 atom stereocenters. The van der Waals surface area contributed by atoms with Gasteiger partial charge >= 0.3 is 0 Å². The molecule has 0 saturated carbocycles. The summed E-state index contributed by atoms with van der Waals surface area (Å²) in [6.07, 6.45) is 5.19. The van der Waals surface area contributed by atoms with E-state index in [9.17, 15) is 0 Å². The number of aliphatic imine (C=N–C) groups is 1. The molecule has 1 aliphatic rings. The number of halogens is 3. The molecule has 0 radical (unpaired) electrons. The molecule has 0 aromatic heterocycles. The fraction of sp³-hybridized carbons (Fsp3) is 0.350. The average molecular weight is 428 g/mol. The van der Waals surface area contributed by atoms with Gasteiger partial charge in [0.05, 0.1) is 22.9 Å². The summed E-state index contributed by atoms with van der Waals surface area (Å²) < 4.78 is 0. The van der Waals surface area contributed by atoms with E-state index in [2.05, 4.69) is 22.0 Å². The summed E-state index contributed by atoms with van der Waals surface area (Å²) in [6.45, 7) is 2.83. The Morgan fingerprint density at radius 2 is 1.77 bits per heavy atom. The summed E-state index contributed by atoms with van der Waals surface area (Å²) in [6, 6.07) is 13.8. The second-order valence-corrected chi connectivity index (χ2v) is 8.89. The van der Waals surface area contributed by atoms with Gasteiger partial charge in [0.25, 0.3) is 0 Å². The largest absolute Gasteiger partial charge is 0.360 e. The molecule has 26 heavy (non-hydrogen) atoms. The Hall–Kier alpha value is -0.870. The number of thioether (sulfide) groups is 1. The van der Waals surface area contributed by atoms with E-state index in [1.165, 1.54) is 5.56 Å². The van der Waals surface area contributed by atoms with Crippen LogP contribution in [0.3, 0.4) is 0 Å². The lowest BCUT2D eigenvalue weighted by Crippen LogP contribution is -2.28. The number of benzene rings is 2. The van der Waals surface area contributed by atoms with Crippen molar-refractivity contribution in [3.05, 3.63) is 63.1 Å². The van der Waals surface area contributed by atoms with Crippen LogP contribution in [0.25, 0.3) is 0 Å². The van der Waals surface area contributed by atoms with Gasteiger partial charge in [-0.3, -0.25) is 4.99 Å². The van der Waals surface area contributed by atoms with Gasteiger partial charge in [0.1, 0.15) is 0 Å². The molecule has 2 aromatic carbocycles. The van der Waals surface area contributed by atoms with Crippen LogP contribution in [0.1, 0.15) is 18.4 Å². The van der Waals surface area contributed by atoms with E-state index >= 15 is 0 Å². The van der Waals surface area contributed by atoms with E-state index in [-0.39, 0.29) is 0 Å². The predicted octanol–water partition coefficient (Wildman–Crippen LogP) is 6.47. The predicted molar refractivity (Wildman–Crippen MR) is 115 cm³/mol. The van der Waals surface area contributed by atoms with Gasteiger partial charge in [0, 0.05) is 28.3 Å². The first-order valence-corrected chi connectivity index (χ1v) is 10.7. The van der Waals surface area contributed by atoms with Crippen LogP contribution < -0.4 is 0 Å². The van der Waals surface area contributed by atoms with Crippen molar-refractivity contribution in [2.45, 2.75) is 29.4 Å². The second kappa shape index (κ2) is 9.89. The Balaban J connectivity index is 1.62. The lowest BCUT2D eigenvalue weighted by molar-refractivity contribution is 0.451. The van der Waals surface area contributed by atoms with Gasteiger partial charge in [0.15, 0.2) is 0 Å². The van der Waals surface area contributed by atoms with Crippen molar-refractivity contribution in [3.63, 3.8) is 0 Å². The highest BCUT2D eigenvalue weighted by atomic mass is 35.5. The normalized spacial score (nSPS) is 14.8. The van der Waals surface area contributed by atoms with Crippen molar-refractivity contribution in [1.82, 2.24) is 4.90 Å². The topological polar surface area (TPSA) is 15.6 Å². The summed E-state index contributed by atoms with van der Waals surface area (Å²) in [4.78, 5) is 7.58. The summed E-state index contributed by atoms with van der Waals surface area (Å²) in [5.41, 5.74) is 1.32. The fourth-order valence-corrected chi connectivity index (χ4v) is 4.99. The highest BCUT2D eigenvalue weighted by Crippen LogP contribution is 2.38. The highest BCUT2D eigenvalue weighted by molar-refractivity contribution is 8.00. The average Bonchev–Trinajstić information content (AvgIpc) is 3.13. The summed E-state index contributed by atoms with van der Waals surface area (Å²) in [5.74, 6) is 0. The summed E-state index contributed by atoms with van der Waals surface area (Å²) in [7, 11) is 0. The maximum absolute atomic E-state index is 6.38. The number of hydrogen-bond donors (Lipinski definition) is 0. The zero-order chi connectivity index (χ0) is 18.4. The lowest BCUT2D eigenvalue weighted by Gasteiger charge is -2.23. The van der Waals surface area contributed by atoms with E-state index in [1.807, 2.05) is 36.7 Å². The maximum atomic E-state index is 6.38. The van der Waals surface area contributed by atoms with Gasteiger partial charge < -0.3 is 4.90 Å².